The van der Waals surface area contributed by atoms with Gasteiger partial charge in [-0.15, -0.1) is 5.10 Å². The van der Waals surface area contributed by atoms with Gasteiger partial charge in [0, 0.05) is 16.6 Å². The Labute approximate surface area is 131 Å². The van der Waals surface area contributed by atoms with Crippen LogP contribution in [0.4, 0.5) is 0 Å². The summed E-state index contributed by atoms with van der Waals surface area (Å²) in [5, 5.41) is 8.89. The topological polar surface area (TPSA) is 83.0 Å². The zero-order chi connectivity index (χ0) is 15.4. The molecular weight excluding hydrogens is 315 g/mol. The second kappa shape index (κ2) is 6.89. The van der Waals surface area contributed by atoms with Crippen LogP contribution in [0.25, 0.3) is 0 Å². The van der Waals surface area contributed by atoms with Crippen LogP contribution in [0.2, 0.25) is 10.0 Å². The second-order valence-electron chi connectivity index (χ2n) is 4.20. The van der Waals surface area contributed by atoms with E-state index >= 15 is 0 Å². The van der Waals surface area contributed by atoms with Crippen molar-refractivity contribution in [1.82, 2.24) is 15.0 Å². The number of carbonyl (C=O) groups is 1. The lowest BCUT2D eigenvalue weighted by molar-refractivity contribution is 0.0518. The first kappa shape index (κ1) is 15.8. The molecule has 0 radical (unpaired) electrons. The molecule has 1 heterocycles. The maximum absolute atomic E-state index is 11.8. The summed E-state index contributed by atoms with van der Waals surface area (Å²) in [6.45, 7) is 2.41. The quantitative estimate of drug-likeness (QED) is 0.851. The Bertz CT molecular complexity index is 658. The van der Waals surface area contributed by atoms with Gasteiger partial charge >= 0.3 is 5.97 Å². The molecule has 0 aliphatic rings. The molecule has 0 atom stereocenters. The maximum atomic E-state index is 11.8. The number of rotatable bonds is 5. The number of aromatic nitrogens is 3. The van der Waals surface area contributed by atoms with Gasteiger partial charge in [0.05, 0.1) is 18.8 Å². The van der Waals surface area contributed by atoms with Gasteiger partial charge < -0.3 is 10.5 Å². The van der Waals surface area contributed by atoms with E-state index in [1.54, 1.807) is 25.1 Å². The van der Waals surface area contributed by atoms with Crippen molar-refractivity contribution >= 4 is 29.2 Å². The summed E-state index contributed by atoms with van der Waals surface area (Å²) in [6, 6.07) is 5.13. The lowest BCUT2D eigenvalue weighted by atomic mass is 10.2. The molecule has 6 nitrogen and oxygen atoms in total. The molecule has 0 unspecified atom stereocenters. The van der Waals surface area contributed by atoms with E-state index in [4.69, 9.17) is 33.7 Å². The predicted octanol–water partition coefficient (Wildman–Crippen LogP) is 2.27. The molecule has 0 bridgehead atoms. The minimum absolute atomic E-state index is 0.110. The number of nitrogens with zero attached hydrogens (tertiary/aromatic N) is 3. The van der Waals surface area contributed by atoms with Gasteiger partial charge in [0.1, 0.15) is 0 Å². The molecule has 1 aromatic heterocycles. The van der Waals surface area contributed by atoms with Gasteiger partial charge in [-0.05, 0) is 30.7 Å². The molecule has 2 aromatic rings. The van der Waals surface area contributed by atoms with Gasteiger partial charge in [-0.25, -0.2) is 9.48 Å². The average molecular weight is 329 g/mol. The fourth-order valence-electron chi connectivity index (χ4n) is 1.85. The molecule has 0 aliphatic heterocycles. The van der Waals surface area contributed by atoms with Crippen molar-refractivity contribution in [1.29, 1.82) is 0 Å². The van der Waals surface area contributed by atoms with Crippen molar-refractivity contribution in [2.75, 3.05) is 6.61 Å². The highest BCUT2D eigenvalue weighted by molar-refractivity contribution is 6.33. The van der Waals surface area contributed by atoms with E-state index in [1.165, 1.54) is 4.68 Å². The van der Waals surface area contributed by atoms with Crippen LogP contribution in [0.15, 0.2) is 18.2 Å². The average Bonchev–Trinajstić information content (AvgIpc) is 2.86. The molecule has 0 saturated carbocycles. The number of hydrogen-bond acceptors (Lipinski definition) is 5. The third-order valence-corrected chi connectivity index (χ3v) is 3.43. The molecule has 112 valence electrons. The number of carbonyl (C=O) groups excluding carboxylic acids is 1. The fourth-order valence-corrected chi connectivity index (χ4v) is 2.22. The lowest BCUT2D eigenvalue weighted by Crippen LogP contribution is -2.15. The van der Waals surface area contributed by atoms with Crippen LogP contribution in [0, 0.1) is 0 Å². The van der Waals surface area contributed by atoms with E-state index in [2.05, 4.69) is 10.3 Å². The number of nitrogens with two attached hydrogens (primary N) is 1. The maximum Gasteiger partial charge on any atom is 0.360 e. The van der Waals surface area contributed by atoms with Crippen molar-refractivity contribution in [3.63, 3.8) is 0 Å². The van der Waals surface area contributed by atoms with Gasteiger partial charge in [0.15, 0.2) is 5.69 Å². The predicted molar refractivity (Wildman–Crippen MR) is 79.4 cm³/mol. The zero-order valence-corrected chi connectivity index (χ0v) is 12.9. The van der Waals surface area contributed by atoms with Crippen LogP contribution in [0.5, 0.6) is 0 Å². The smallest absolute Gasteiger partial charge is 0.360 e. The van der Waals surface area contributed by atoms with E-state index in [9.17, 15) is 4.79 Å². The summed E-state index contributed by atoms with van der Waals surface area (Å²) in [7, 11) is 0. The van der Waals surface area contributed by atoms with E-state index in [0.717, 1.165) is 5.56 Å². The van der Waals surface area contributed by atoms with Crippen molar-refractivity contribution in [2.45, 2.75) is 20.0 Å². The van der Waals surface area contributed by atoms with E-state index in [0.29, 0.717) is 22.3 Å². The summed E-state index contributed by atoms with van der Waals surface area (Å²) >= 11 is 12.1. The van der Waals surface area contributed by atoms with Gasteiger partial charge in [-0.1, -0.05) is 28.4 Å². The summed E-state index contributed by atoms with van der Waals surface area (Å²) < 4.78 is 6.44. The highest BCUT2D eigenvalue weighted by atomic mass is 35.5. The number of hydrogen-bond donors (Lipinski definition) is 1. The van der Waals surface area contributed by atoms with E-state index in [1.807, 2.05) is 0 Å². The van der Waals surface area contributed by atoms with E-state index < -0.39 is 5.97 Å². The first-order valence-electron chi connectivity index (χ1n) is 6.30. The van der Waals surface area contributed by atoms with Gasteiger partial charge in [0.2, 0.25) is 0 Å². The highest BCUT2D eigenvalue weighted by Crippen LogP contribution is 2.22. The van der Waals surface area contributed by atoms with Crippen LogP contribution in [0.1, 0.15) is 28.7 Å². The van der Waals surface area contributed by atoms with Crippen molar-refractivity contribution in [2.24, 2.45) is 5.73 Å². The van der Waals surface area contributed by atoms with E-state index in [-0.39, 0.29) is 18.8 Å². The molecule has 0 spiro atoms. The highest BCUT2D eigenvalue weighted by Gasteiger charge is 2.20. The molecule has 0 aliphatic carbocycles. The molecule has 2 rings (SSSR count). The number of benzene rings is 1. The van der Waals surface area contributed by atoms with Gasteiger partial charge in [-0.2, -0.15) is 0 Å². The monoisotopic (exact) mass is 328 g/mol. The van der Waals surface area contributed by atoms with Crippen LogP contribution in [0.3, 0.4) is 0 Å². The van der Waals surface area contributed by atoms with Gasteiger partial charge in [-0.3, -0.25) is 0 Å². The number of halogens is 2. The third-order valence-electron chi connectivity index (χ3n) is 2.83. The summed E-state index contributed by atoms with van der Waals surface area (Å²) in [5.41, 5.74) is 7.06. The van der Waals surface area contributed by atoms with Crippen LogP contribution in [-0.2, 0) is 17.8 Å². The SMILES string of the molecule is CCOC(=O)c1nnn(Cc2cc(Cl)ccc2Cl)c1CN. The zero-order valence-electron chi connectivity index (χ0n) is 11.3. The van der Waals surface area contributed by atoms with Crippen molar-refractivity contribution in [3.05, 3.63) is 45.2 Å². The molecule has 0 saturated heterocycles. The summed E-state index contributed by atoms with van der Waals surface area (Å²) in [4.78, 5) is 11.8. The third kappa shape index (κ3) is 3.53. The standard InChI is InChI=1S/C13H14Cl2N4O2/c1-2-21-13(20)12-11(6-16)19(18-17-12)7-8-5-9(14)3-4-10(8)15/h3-5H,2,6-7,16H2,1H3. The van der Waals surface area contributed by atoms with Crippen molar-refractivity contribution in [3.8, 4) is 0 Å². The fraction of sp³-hybridized carbons (Fsp3) is 0.308. The number of ether oxygens (including phenoxy) is 1. The van der Waals surface area contributed by atoms with Gasteiger partial charge in [0.25, 0.3) is 0 Å². The Hall–Kier alpha value is -1.63. The number of esters is 1. The molecule has 0 fully saturated rings. The Morgan fingerprint density at radius 3 is 2.86 bits per heavy atom. The molecule has 1 aromatic carbocycles. The molecule has 0 amide bonds. The summed E-state index contributed by atoms with van der Waals surface area (Å²) in [6.07, 6.45) is 0. The first-order chi connectivity index (χ1) is 10.1. The van der Waals surface area contributed by atoms with Crippen LogP contribution in [-0.4, -0.2) is 27.6 Å². The first-order valence-corrected chi connectivity index (χ1v) is 7.05. The Kier molecular flexibility index (Phi) is 5.17. The molecule has 2 N–H and O–H groups in total. The minimum atomic E-state index is -0.540. The van der Waals surface area contributed by atoms with Crippen LogP contribution < -0.4 is 5.73 Å². The minimum Gasteiger partial charge on any atom is -0.461 e. The normalized spacial score (nSPS) is 10.7. The molecular formula is C13H14Cl2N4O2. The molecule has 8 heteroatoms. The van der Waals surface area contributed by atoms with Crippen LogP contribution >= 0.6 is 23.2 Å². The Morgan fingerprint density at radius 2 is 2.19 bits per heavy atom. The Balaban J connectivity index is 2.32. The van der Waals surface area contributed by atoms with Crippen molar-refractivity contribution < 1.29 is 9.53 Å². The molecule has 21 heavy (non-hydrogen) atoms. The second-order valence-corrected chi connectivity index (χ2v) is 5.05. The lowest BCUT2D eigenvalue weighted by Gasteiger charge is -2.08. The summed E-state index contributed by atoms with van der Waals surface area (Å²) in [5.74, 6) is -0.540. The largest absolute Gasteiger partial charge is 0.461 e. The Morgan fingerprint density at radius 1 is 1.43 bits per heavy atom.